The second kappa shape index (κ2) is 5.35. The van der Waals surface area contributed by atoms with Gasteiger partial charge < -0.3 is 14.8 Å². The lowest BCUT2D eigenvalue weighted by Gasteiger charge is -2.38. The first-order valence-corrected chi connectivity index (χ1v) is 7.83. The molecule has 1 atom stereocenters. The molecule has 1 aliphatic heterocycles. The molecule has 0 aliphatic carbocycles. The number of rotatable bonds is 2. The third kappa shape index (κ3) is 2.28. The molecule has 100 valence electrons. The van der Waals surface area contributed by atoms with Crippen LogP contribution in [0.15, 0.2) is 35.8 Å². The molecule has 3 heterocycles. The van der Waals surface area contributed by atoms with Gasteiger partial charge in [-0.2, -0.15) is 0 Å². The van der Waals surface area contributed by atoms with Crippen molar-refractivity contribution in [2.45, 2.75) is 19.5 Å². The van der Waals surface area contributed by atoms with E-state index >= 15 is 0 Å². The summed E-state index contributed by atoms with van der Waals surface area (Å²) < 4.78 is 2.33. The van der Waals surface area contributed by atoms with Crippen molar-refractivity contribution in [2.75, 3.05) is 13.1 Å². The summed E-state index contributed by atoms with van der Waals surface area (Å²) in [7, 11) is 0. The molecular formula is C14H17N3S2. The summed E-state index contributed by atoms with van der Waals surface area (Å²) in [5.74, 6) is 0. The van der Waals surface area contributed by atoms with Gasteiger partial charge in [0, 0.05) is 36.4 Å². The van der Waals surface area contributed by atoms with Gasteiger partial charge in [-0.3, -0.25) is 0 Å². The van der Waals surface area contributed by atoms with Crippen LogP contribution < -0.4 is 5.32 Å². The maximum absolute atomic E-state index is 5.54. The highest BCUT2D eigenvalue weighted by Gasteiger charge is 2.30. The van der Waals surface area contributed by atoms with Crippen LogP contribution in [0.5, 0.6) is 0 Å². The zero-order valence-electron chi connectivity index (χ0n) is 10.9. The highest BCUT2D eigenvalue weighted by Crippen LogP contribution is 2.34. The number of hydrogen-bond donors (Lipinski definition) is 1. The zero-order valence-corrected chi connectivity index (χ0v) is 12.5. The van der Waals surface area contributed by atoms with Gasteiger partial charge in [-0.05, 0) is 42.7 Å². The number of fused-ring (bicyclic) bond motifs is 1. The number of thiophene rings is 1. The van der Waals surface area contributed by atoms with E-state index in [1.165, 1.54) is 10.6 Å². The lowest BCUT2D eigenvalue weighted by molar-refractivity contribution is 0.289. The lowest BCUT2D eigenvalue weighted by Crippen LogP contribution is -2.46. The van der Waals surface area contributed by atoms with Gasteiger partial charge in [0.15, 0.2) is 5.11 Å². The minimum absolute atomic E-state index is 0.246. The minimum Gasteiger partial charge on any atom is -0.363 e. The van der Waals surface area contributed by atoms with Gasteiger partial charge in [0.25, 0.3) is 0 Å². The van der Waals surface area contributed by atoms with E-state index in [1.54, 1.807) is 11.3 Å². The van der Waals surface area contributed by atoms with Gasteiger partial charge in [-0.15, -0.1) is 11.3 Å². The quantitative estimate of drug-likeness (QED) is 0.859. The van der Waals surface area contributed by atoms with Crippen LogP contribution in [-0.4, -0.2) is 27.7 Å². The van der Waals surface area contributed by atoms with Crippen LogP contribution in [0.3, 0.4) is 0 Å². The molecule has 2 aromatic heterocycles. The van der Waals surface area contributed by atoms with Crippen molar-refractivity contribution in [3.63, 3.8) is 0 Å². The first-order chi connectivity index (χ1) is 9.31. The second-order valence-electron chi connectivity index (χ2n) is 4.57. The summed E-state index contributed by atoms with van der Waals surface area (Å²) in [6, 6.07) is 8.87. The first-order valence-electron chi connectivity index (χ1n) is 6.54. The van der Waals surface area contributed by atoms with E-state index in [4.69, 9.17) is 12.2 Å². The molecule has 1 aliphatic rings. The van der Waals surface area contributed by atoms with Crippen LogP contribution in [0.2, 0.25) is 0 Å². The van der Waals surface area contributed by atoms with Crippen LogP contribution in [-0.2, 0) is 6.54 Å². The number of hydrogen-bond acceptors (Lipinski definition) is 2. The normalized spacial score (nSPS) is 18.2. The summed E-state index contributed by atoms with van der Waals surface area (Å²) in [5.41, 5.74) is 1.33. The fraction of sp³-hybridized carbons (Fsp3) is 0.357. The number of nitrogens with one attached hydrogen (secondary N) is 1. The zero-order chi connectivity index (χ0) is 13.2. The Labute approximate surface area is 122 Å². The van der Waals surface area contributed by atoms with Crippen LogP contribution in [0.4, 0.5) is 0 Å². The van der Waals surface area contributed by atoms with Crippen molar-refractivity contribution in [1.82, 2.24) is 14.8 Å². The predicted molar refractivity (Wildman–Crippen MR) is 83.6 cm³/mol. The number of aromatic nitrogens is 1. The van der Waals surface area contributed by atoms with Gasteiger partial charge in [-0.25, -0.2) is 0 Å². The molecular weight excluding hydrogens is 274 g/mol. The van der Waals surface area contributed by atoms with E-state index in [0.717, 1.165) is 24.7 Å². The van der Waals surface area contributed by atoms with Gasteiger partial charge in [0.05, 0.1) is 0 Å². The Bertz CT molecular complexity index is 559. The standard InChI is InChI=1S/C14H17N3S2/c1-2-15-14(18)17-9-8-16-7-3-5-11(16)13(17)12-6-4-10-19-12/h3-7,10,13H,2,8-9H2,1H3,(H,15,18)/t13-/m1/s1. The van der Waals surface area contributed by atoms with E-state index < -0.39 is 0 Å². The molecule has 0 saturated heterocycles. The fourth-order valence-electron chi connectivity index (χ4n) is 2.60. The second-order valence-corrected chi connectivity index (χ2v) is 5.94. The summed E-state index contributed by atoms with van der Waals surface area (Å²) in [6.45, 7) is 4.90. The molecule has 3 nitrogen and oxygen atoms in total. The predicted octanol–water partition coefficient (Wildman–Crippen LogP) is 2.85. The van der Waals surface area contributed by atoms with Crippen molar-refractivity contribution in [3.8, 4) is 0 Å². The minimum atomic E-state index is 0.246. The molecule has 5 heteroatoms. The Morgan fingerprint density at radius 3 is 3.05 bits per heavy atom. The van der Waals surface area contributed by atoms with Gasteiger partial charge in [-0.1, -0.05) is 6.07 Å². The van der Waals surface area contributed by atoms with Crippen LogP contribution >= 0.6 is 23.6 Å². The summed E-state index contributed by atoms with van der Waals surface area (Å²) in [6.07, 6.45) is 2.16. The highest BCUT2D eigenvalue weighted by atomic mass is 32.1. The molecule has 0 aromatic carbocycles. The van der Waals surface area contributed by atoms with Crippen LogP contribution in [0, 0.1) is 0 Å². The molecule has 3 rings (SSSR count). The molecule has 19 heavy (non-hydrogen) atoms. The van der Waals surface area contributed by atoms with Crippen LogP contribution in [0.1, 0.15) is 23.5 Å². The van der Waals surface area contributed by atoms with Crippen molar-refractivity contribution < 1.29 is 0 Å². The number of thiocarbonyl (C=S) groups is 1. The van der Waals surface area contributed by atoms with E-state index in [-0.39, 0.29) is 6.04 Å². The van der Waals surface area contributed by atoms with E-state index in [2.05, 4.69) is 57.5 Å². The molecule has 2 aromatic rings. The lowest BCUT2D eigenvalue weighted by atomic mass is 10.1. The molecule has 0 bridgehead atoms. The van der Waals surface area contributed by atoms with Crippen LogP contribution in [0.25, 0.3) is 0 Å². The fourth-order valence-corrected chi connectivity index (χ4v) is 3.79. The first kappa shape index (κ1) is 12.7. The molecule has 0 unspecified atom stereocenters. The Morgan fingerprint density at radius 2 is 2.32 bits per heavy atom. The molecule has 0 fully saturated rings. The topological polar surface area (TPSA) is 20.2 Å². The van der Waals surface area contributed by atoms with E-state index in [9.17, 15) is 0 Å². The van der Waals surface area contributed by atoms with Crippen molar-refractivity contribution in [3.05, 3.63) is 46.4 Å². The molecule has 1 N–H and O–H groups in total. The average molecular weight is 291 g/mol. The summed E-state index contributed by atoms with van der Waals surface area (Å²) in [4.78, 5) is 3.65. The van der Waals surface area contributed by atoms with Gasteiger partial charge in [0.2, 0.25) is 0 Å². The third-order valence-electron chi connectivity index (χ3n) is 3.44. The van der Waals surface area contributed by atoms with Crippen molar-refractivity contribution in [2.24, 2.45) is 0 Å². The Kier molecular flexibility index (Phi) is 3.57. The Balaban J connectivity index is 1.99. The molecule has 0 radical (unpaired) electrons. The maximum atomic E-state index is 5.54. The molecule has 0 saturated carbocycles. The SMILES string of the molecule is CCNC(=S)N1CCn2cccc2[C@@H]1c1cccs1. The Hall–Kier alpha value is -1.33. The third-order valence-corrected chi connectivity index (χ3v) is 4.74. The smallest absolute Gasteiger partial charge is 0.169 e. The molecule has 0 amide bonds. The summed E-state index contributed by atoms with van der Waals surface area (Å²) >= 11 is 7.33. The highest BCUT2D eigenvalue weighted by molar-refractivity contribution is 7.80. The van der Waals surface area contributed by atoms with E-state index in [1.807, 2.05) is 0 Å². The largest absolute Gasteiger partial charge is 0.363 e. The summed E-state index contributed by atoms with van der Waals surface area (Å²) in [5, 5.41) is 6.27. The molecule has 0 spiro atoms. The van der Waals surface area contributed by atoms with E-state index in [0.29, 0.717) is 0 Å². The van der Waals surface area contributed by atoms with Crippen molar-refractivity contribution >= 4 is 28.7 Å². The monoisotopic (exact) mass is 291 g/mol. The number of nitrogens with zero attached hydrogens (tertiary/aromatic N) is 2. The average Bonchev–Trinajstić information content (AvgIpc) is 3.08. The van der Waals surface area contributed by atoms with Gasteiger partial charge >= 0.3 is 0 Å². The van der Waals surface area contributed by atoms with Crippen molar-refractivity contribution in [1.29, 1.82) is 0 Å². The van der Waals surface area contributed by atoms with Gasteiger partial charge in [0.1, 0.15) is 6.04 Å². The Morgan fingerprint density at radius 1 is 1.42 bits per heavy atom. The maximum Gasteiger partial charge on any atom is 0.169 e.